The van der Waals surface area contributed by atoms with Crippen molar-refractivity contribution in [3.63, 3.8) is 0 Å². The minimum absolute atomic E-state index is 0.216. The van der Waals surface area contributed by atoms with Crippen molar-refractivity contribution in [2.45, 2.75) is 6.92 Å². The van der Waals surface area contributed by atoms with Crippen molar-refractivity contribution in [1.29, 1.82) is 0 Å². The molecule has 0 aromatic heterocycles. The van der Waals surface area contributed by atoms with Crippen LogP contribution in [0.1, 0.15) is 22.8 Å². The molecule has 136 valence electrons. The lowest BCUT2D eigenvalue weighted by Crippen LogP contribution is -2.34. The van der Waals surface area contributed by atoms with Crippen LogP contribution in [0.2, 0.25) is 10.0 Å². The number of carbonyl (C=O) groups is 2. The molecule has 0 fully saturated rings. The van der Waals surface area contributed by atoms with Crippen LogP contribution >= 0.6 is 23.2 Å². The highest BCUT2D eigenvalue weighted by Crippen LogP contribution is 2.24. The maximum absolute atomic E-state index is 12.0. The molecule has 2 N–H and O–H groups in total. The number of amides is 2. The second-order valence-corrected chi connectivity index (χ2v) is 5.86. The van der Waals surface area contributed by atoms with Gasteiger partial charge in [0, 0.05) is 11.1 Å². The number of benzene rings is 2. The van der Waals surface area contributed by atoms with Crippen LogP contribution in [0.25, 0.3) is 0 Å². The Bertz CT molecular complexity index is 808. The van der Waals surface area contributed by atoms with E-state index in [9.17, 15) is 9.59 Å². The summed E-state index contributed by atoms with van der Waals surface area (Å²) in [5.41, 5.74) is 3.30. The van der Waals surface area contributed by atoms with Gasteiger partial charge in [0.15, 0.2) is 0 Å². The third-order valence-corrected chi connectivity index (χ3v) is 4.04. The van der Waals surface area contributed by atoms with Gasteiger partial charge in [0.1, 0.15) is 5.75 Å². The normalized spacial score (nSPS) is 10.6. The van der Waals surface area contributed by atoms with Crippen LogP contribution in [-0.2, 0) is 4.79 Å². The molecule has 2 amide bonds. The van der Waals surface area contributed by atoms with Crippen molar-refractivity contribution in [3.05, 3.63) is 63.6 Å². The van der Waals surface area contributed by atoms with Crippen LogP contribution in [-0.4, -0.2) is 31.2 Å². The summed E-state index contributed by atoms with van der Waals surface area (Å²) in [6, 6.07) is 11.7. The summed E-state index contributed by atoms with van der Waals surface area (Å²) in [6.45, 7) is 2.21. The van der Waals surface area contributed by atoms with Gasteiger partial charge in [0.25, 0.3) is 11.8 Å². The summed E-state index contributed by atoms with van der Waals surface area (Å²) >= 11 is 11.9. The average Bonchev–Trinajstić information content (AvgIpc) is 2.64. The zero-order chi connectivity index (χ0) is 18.9. The number of hydrogen-bond donors (Lipinski definition) is 2. The summed E-state index contributed by atoms with van der Waals surface area (Å²) in [6.07, 6.45) is 1.38. The first-order valence-corrected chi connectivity index (χ1v) is 8.54. The summed E-state index contributed by atoms with van der Waals surface area (Å²) < 4.78 is 5.31. The summed E-state index contributed by atoms with van der Waals surface area (Å²) in [4.78, 5) is 23.7. The van der Waals surface area contributed by atoms with Crippen molar-refractivity contribution < 1.29 is 14.3 Å². The third-order valence-electron chi connectivity index (χ3n) is 3.21. The molecule has 26 heavy (non-hydrogen) atoms. The van der Waals surface area contributed by atoms with Crippen molar-refractivity contribution in [3.8, 4) is 5.75 Å². The lowest BCUT2D eigenvalue weighted by atomic mass is 10.2. The Balaban J connectivity index is 1.81. The van der Waals surface area contributed by atoms with Crippen LogP contribution in [0.4, 0.5) is 0 Å². The van der Waals surface area contributed by atoms with E-state index in [2.05, 4.69) is 15.8 Å². The van der Waals surface area contributed by atoms with Crippen molar-refractivity contribution in [2.24, 2.45) is 5.10 Å². The lowest BCUT2D eigenvalue weighted by molar-refractivity contribution is -0.120. The first-order valence-electron chi connectivity index (χ1n) is 7.78. The molecule has 8 heteroatoms. The molecule has 0 saturated heterocycles. The molecule has 0 atom stereocenters. The van der Waals surface area contributed by atoms with E-state index in [1.54, 1.807) is 42.5 Å². The predicted octanol–water partition coefficient (Wildman–Crippen LogP) is 3.27. The number of hydrogen-bond acceptors (Lipinski definition) is 4. The van der Waals surface area contributed by atoms with E-state index in [-0.39, 0.29) is 12.5 Å². The predicted molar refractivity (Wildman–Crippen MR) is 102 cm³/mol. The van der Waals surface area contributed by atoms with E-state index in [1.165, 1.54) is 6.21 Å². The van der Waals surface area contributed by atoms with Gasteiger partial charge in [0.05, 0.1) is 29.4 Å². The highest BCUT2D eigenvalue weighted by atomic mass is 35.5. The second-order valence-electron chi connectivity index (χ2n) is 5.08. The molecule has 2 rings (SSSR count). The average molecular weight is 394 g/mol. The molecule has 2 aromatic carbocycles. The summed E-state index contributed by atoms with van der Waals surface area (Å²) in [7, 11) is 0. The number of ether oxygens (including phenoxy) is 1. The smallest absolute Gasteiger partial charge is 0.259 e. The van der Waals surface area contributed by atoms with Crippen LogP contribution in [0.3, 0.4) is 0 Å². The lowest BCUT2D eigenvalue weighted by Gasteiger charge is -2.06. The van der Waals surface area contributed by atoms with Crippen LogP contribution in [0.5, 0.6) is 5.75 Å². The number of nitrogens with zero attached hydrogens (tertiary/aromatic N) is 1. The molecule has 0 unspecified atom stereocenters. The largest absolute Gasteiger partial charge is 0.494 e. The zero-order valence-corrected chi connectivity index (χ0v) is 15.5. The minimum Gasteiger partial charge on any atom is -0.494 e. The Morgan fingerprint density at radius 1 is 1.15 bits per heavy atom. The molecule has 2 aromatic rings. The maximum Gasteiger partial charge on any atom is 0.259 e. The van der Waals surface area contributed by atoms with Crippen LogP contribution < -0.4 is 15.5 Å². The fourth-order valence-corrected chi connectivity index (χ4v) is 2.32. The molecule has 0 spiro atoms. The highest BCUT2D eigenvalue weighted by molar-refractivity contribution is 6.43. The highest BCUT2D eigenvalue weighted by Gasteiger charge is 2.08. The van der Waals surface area contributed by atoms with Gasteiger partial charge in [-0.15, -0.1) is 0 Å². The standard InChI is InChI=1S/C18H17Cl2N3O3/c1-2-26-14-8-6-12(7-9-14)18(25)21-11-16(24)23-22-10-13-4-3-5-15(19)17(13)20/h3-10H,2,11H2,1H3,(H,21,25)(H,23,24)/b22-10-. The van der Waals surface area contributed by atoms with E-state index in [0.29, 0.717) is 33.5 Å². The van der Waals surface area contributed by atoms with Crippen molar-refractivity contribution in [2.75, 3.05) is 13.2 Å². The Morgan fingerprint density at radius 2 is 1.88 bits per heavy atom. The number of rotatable bonds is 7. The van der Waals surface area contributed by atoms with Gasteiger partial charge in [0.2, 0.25) is 0 Å². The van der Waals surface area contributed by atoms with E-state index in [0.717, 1.165) is 0 Å². The topological polar surface area (TPSA) is 79.8 Å². The first kappa shape index (κ1) is 19.8. The molecule has 0 saturated carbocycles. The van der Waals surface area contributed by atoms with E-state index >= 15 is 0 Å². The molecule has 0 heterocycles. The maximum atomic E-state index is 12.0. The van der Waals surface area contributed by atoms with E-state index < -0.39 is 5.91 Å². The second kappa shape index (κ2) is 9.79. The Morgan fingerprint density at radius 3 is 2.58 bits per heavy atom. The van der Waals surface area contributed by atoms with E-state index in [1.807, 2.05) is 6.92 Å². The Labute approximate surface area is 161 Å². The Kier molecular flexibility index (Phi) is 7.44. The van der Waals surface area contributed by atoms with Gasteiger partial charge in [-0.3, -0.25) is 9.59 Å². The van der Waals surface area contributed by atoms with Gasteiger partial charge in [-0.25, -0.2) is 5.43 Å². The van der Waals surface area contributed by atoms with Crippen molar-refractivity contribution >= 4 is 41.2 Å². The van der Waals surface area contributed by atoms with Crippen molar-refractivity contribution in [1.82, 2.24) is 10.7 Å². The molecule has 0 aliphatic rings. The number of halogens is 2. The molecular weight excluding hydrogens is 377 g/mol. The van der Waals surface area contributed by atoms with Gasteiger partial charge in [-0.05, 0) is 37.3 Å². The quantitative estimate of drug-likeness (QED) is 0.559. The molecule has 0 radical (unpaired) electrons. The molecular formula is C18H17Cl2N3O3. The SMILES string of the molecule is CCOc1ccc(C(=O)NCC(=O)N/N=C\c2cccc(Cl)c2Cl)cc1. The zero-order valence-electron chi connectivity index (χ0n) is 14.0. The third kappa shape index (κ3) is 5.75. The molecule has 6 nitrogen and oxygen atoms in total. The minimum atomic E-state index is -0.473. The van der Waals surface area contributed by atoms with Crippen LogP contribution in [0, 0.1) is 0 Å². The monoisotopic (exact) mass is 393 g/mol. The summed E-state index contributed by atoms with van der Waals surface area (Å²) in [5, 5.41) is 7.03. The fourth-order valence-electron chi connectivity index (χ4n) is 1.97. The number of carbonyl (C=O) groups excluding carboxylic acids is 2. The summed E-state index contributed by atoms with van der Waals surface area (Å²) in [5.74, 6) is -0.167. The van der Waals surface area contributed by atoms with Gasteiger partial charge in [-0.2, -0.15) is 5.10 Å². The van der Waals surface area contributed by atoms with Gasteiger partial charge < -0.3 is 10.1 Å². The van der Waals surface area contributed by atoms with Crippen LogP contribution in [0.15, 0.2) is 47.6 Å². The van der Waals surface area contributed by atoms with E-state index in [4.69, 9.17) is 27.9 Å². The van der Waals surface area contributed by atoms with Gasteiger partial charge in [-0.1, -0.05) is 35.3 Å². The molecule has 0 aliphatic carbocycles. The number of hydrazone groups is 1. The first-order chi connectivity index (χ1) is 12.5. The Hall–Kier alpha value is -2.57. The van der Waals surface area contributed by atoms with Gasteiger partial charge >= 0.3 is 0 Å². The fraction of sp³-hybridized carbons (Fsp3) is 0.167. The molecule has 0 bridgehead atoms. The molecule has 0 aliphatic heterocycles. The number of nitrogens with one attached hydrogen (secondary N) is 2.